The van der Waals surface area contributed by atoms with E-state index in [1.165, 1.54) is 5.56 Å². The molecule has 1 aromatic rings. The van der Waals surface area contributed by atoms with Crippen LogP contribution >= 0.6 is 0 Å². The van der Waals surface area contributed by atoms with E-state index in [1.54, 1.807) is 20.1 Å². The van der Waals surface area contributed by atoms with Crippen LogP contribution in [-0.4, -0.2) is 71.6 Å². The molecule has 7 nitrogen and oxygen atoms in total. The first-order valence-corrected chi connectivity index (χ1v) is 9.81. The Kier molecular flexibility index (Phi) is 3.67. The van der Waals surface area contributed by atoms with Crippen molar-refractivity contribution in [1.82, 2.24) is 10.2 Å². The standard InChI is InChI=1S/C21H26N2O5/c1-11(19(25)26)22-13-6-7-21(27-3)15-10-12-4-5-14(24)17-16(12)20(21,18(13)28-17)8-9-23(15)2/h4-7,11,13,15,18,22,24H,8-10H2,1-3H3,(H,25,26)/t11-,13-,15+,18-,20-,21+/m0/s1. The van der Waals surface area contributed by atoms with E-state index in [4.69, 9.17) is 9.47 Å². The van der Waals surface area contributed by atoms with Crippen molar-refractivity contribution in [2.24, 2.45) is 0 Å². The minimum Gasteiger partial charge on any atom is -0.504 e. The number of likely N-dealkylation sites (N-methyl/N-ethyl adjacent to an activating group) is 1. The molecule has 0 amide bonds. The predicted octanol–water partition coefficient (Wildman–Crippen LogP) is 1.04. The number of methoxy groups -OCH3 is 1. The smallest absolute Gasteiger partial charge is 0.320 e. The fourth-order valence-corrected chi connectivity index (χ4v) is 6.17. The zero-order valence-electron chi connectivity index (χ0n) is 16.3. The Bertz CT molecular complexity index is 886. The highest BCUT2D eigenvalue weighted by Gasteiger charge is 2.72. The number of nitrogens with zero attached hydrogens (tertiary/aromatic N) is 1. The summed E-state index contributed by atoms with van der Waals surface area (Å²) in [5.74, 6) is -0.237. The number of rotatable bonds is 4. The van der Waals surface area contributed by atoms with Crippen molar-refractivity contribution < 1.29 is 24.5 Å². The number of phenolic OH excluding ortho intramolecular Hbond substituents is 1. The Hall–Kier alpha value is -2.09. The second-order valence-corrected chi connectivity index (χ2v) is 8.52. The zero-order valence-corrected chi connectivity index (χ0v) is 16.3. The van der Waals surface area contributed by atoms with Crippen LogP contribution in [0, 0.1) is 0 Å². The molecule has 1 saturated heterocycles. The SMILES string of the molecule is CO[C@@]12C=C[C@H](N[C@@H](C)C(=O)O)[C@@H]3Oc4c(O)ccc5c4[C@@]31CCN(C)[C@@H]2C5. The van der Waals surface area contributed by atoms with Crippen molar-refractivity contribution in [2.75, 3.05) is 20.7 Å². The van der Waals surface area contributed by atoms with Crippen LogP contribution < -0.4 is 10.1 Å². The number of piperidine rings is 1. The molecular formula is C21H26N2O5. The summed E-state index contributed by atoms with van der Waals surface area (Å²) in [6, 6.07) is 2.83. The maximum atomic E-state index is 11.4. The van der Waals surface area contributed by atoms with Crippen molar-refractivity contribution >= 4 is 5.97 Å². The second kappa shape index (κ2) is 5.72. The summed E-state index contributed by atoms with van der Waals surface area (Å²) in [7, 11) is 3.87. The van der Waals surface area contributed by atoms with Crippen LogP contribution in [0.25, 0.3) is 0 Å². The molecule has 1 aromatic carbocycles. The Balaban J connectivity index is 1.74. The van der Waals surface area contributed by atoms with Gasteiger partial charge in [0.2, 0.25) is 0 Å². The number of nitrogens with one attached hydrogen (secondary N) is 1. The van der Waals surface area contributed by atoms with E-state index in [-0.39, 0.29) is 23.9 Å². The van der Waals surface area contributed by atoms with Gasteiger partial charge in [-0.2, -0.15) is 0 Å². The van der Waals surface area contributed by atoms with Gasteiger partial charge in [0.1, 0.15) is 17.7 Å². The first kappa shape index (κ1) is 18.0. The first-order chi connectivity index (χ1) is 13.4. The predicted molar refractivity (Wildman–Crippen MR) is 102 cm³/mol. The lowest BCUT2D eigenvalue weighted by atomic mass is 9.50. The lowest BCUT2D eigenvalue weighted by Gasteiger charge is -2.63. The average Bonchev–Trinajstić information content (AvgIpc) is 3.03. The summed E-state index contributed by atoms with van der Waals surface area (Å²) in [4.78, 5) is 13.8. The highest BCUT2D eigenvalue weighted by atomic mass is 16.5. The topological polar surface area (TPSA) is 91.3 Å². The minimum atomic E-state index is -0.904. The van der Waals surface area contributed by atoms with Gasteiger partial charge >= 0.3 is 5.97 Å². The molecule has 1 fully saturated rings. The number of carboxylic acid groups (broad SMARTS) is 1. The van der Waals surface area contributed by atoms with E-state index in [0.29, 0.717) is 5.75 Å². The van der Waals surface area contributed by atoms with E-state index >= 15 is 0 Å². The minimum absolute atomic E-state index is 0.134. The summed E-state index contributed by atoms with van der Waals surface area (Å²) in [5, 5.41) is 23.1. The zero-order chi connectivity index (χ0) is 19.8. The fourth-order valence-electron chi connectivity index (χ4n) is 6.17. The van der Waals surface area contributed by atoms with Gasteiger partial charge in [0, 0.05) is 18.7 Å². The molecule has 6 atom stereocenters. The average molecular weight is 386 g/mol. The van der Waals surface area contributed by atoms with Crippen molar-refractivity contribution in [1.29, 1.82) is 0 Å². The summed E-state index contributed by atoms with van der Waals surface area (Å²) in [5.41, 5.74) is 1.18. The van der Waals surface area contributed by atoms with E-state index in [1.807, 2.05) is 12.1 Å². The van der Waals surface area contributed by atoms with Crippen LogP contribution in [0.5, 0.6) is 11.5 Å². The van der Waals surface area contributed by atoms with Gasteiger partial charge in [-0.3, -0.25) is 15.0 Å². The Morgan fingerprint density at radius 1 is 1.46 bits per heavy atom. The third-order valence-electron chi connectivity index (χ3n) is 7.42. The van der Waals surface area contributed by atoms with Gasteiger partial charge in [0.25, 0.3) is 0 Å². The van der Waals surface area contributed by atoms with Crippen LogP contribution in [0.4, 0.5) is 0 Å². The summed E-state index contributed by atoms with van der Waals surface area (Å²) in [6.07, 6.45) is 5.38. The molecule has 7 heteroatoms. The van der Waals surface area contributed by atoms with Gasteiger partial charge < -0.3 is 19.7 Å². The van der Waals surface area contributed by atoms with E-state index in [0.717, 1.165) is 24.9 Å². The van der Waals surface area contributed by atoms with Crippen LogP contribution in [0.3, 0.4) is 0 Å². The first-order valence-electron chi connectivity index (χ1n) is 9.81. The molecule has 28 heavy (non-hydrogen) atoms. The van der Waals surface area contributed by atoms with Gasteiger partial charge in [0.15, 0.2) is 11.5 Å². The van der Waals surface area contributed by atoms with Gasteiger partial charge in [-0.05, 0) is 45.0 Å². The molecular weight excluding hydrogens is 360 g/mol. The molecule has 0 saturated carbocycles. The highest BCUT2D eigenvalue weighted by Crippen LogP contribution is 2.64. The Morgan fingerprint density at radius 3 is 2.96 bits per heavy atom. The van der Waals surface area contributed by atoms with Crippen LogP contribution in [0.15, 0.2) is 24.3 Å². The third-order valence-corrected chi connectivity index (χ3v) is 7.42. The molecule has 2 aliphatic carbocycles. The van der Waals surface area contributed by atoms with Crippen LogP contribution in [0.1, 0.15) is 24.5 Å². The van der Waals surface area contributed by atoms with Crippen molar-refractivity contribution in [3.05, 3.63) is 35.4 Å². The Morgan fingerprint density at radius 2 is 2.25 bits per heavy atom. The van der Waals surface area contributed by atoms with E-state index in [2.05, 4.69) is 23.3 Å². The van der Waals surface area contributed by atoms with Crippen molar-refractivity contribution in [3.63, 3.8) is 0 Å². The highest BCUT2D eigenvalue weighted by molar-refractivity contribution is 5.73. The van der Waals surface area contributed by atoms with Crippen LogP contribution in [0.2, 0.25) is 0 Å². The molecule has 0 radical (unpaired) electrons. The number of ether oxygens (including phenoxy) is 2. The molecule has 0 aromatic heterocycles. The monoisotopic (exact) mass is 386 g/mol. The molecule has 2 aliphatic heterocycles. The number of aromatic hydroxyl groups is 1. The van der Waals surface area contributed by atoms with E-state index < -0.39 is 23.0 Å². The van der Waals surface area contributed by atoms with Gasteiger partial charge in [-0.25, -0.2) is 0 Å². The molecule has 2 bridgehead atoms. The molecule has 0 unspecified atom stereocenters. The molecule has 150 valence electrons. The number of phenols is 1. The van der Waals surface area contributed by atoms with Gasteiger partial charge in [-0.15, -0.1) is 0 Å². The number of aliphatic carboxylic acids is 1. The number of likely N-dealkylation sites (tertiary alicyclic amines) is 1. The second-order valence-electron chi connectivity index (χ2n) is 8.52. The largest absolute Gasteiger partial charge is 0.504 e. The molecule has 2 heterocycles. The van der Waals surface area contributed by atoms with Gasteiger partial charge in [-0.1, -0.05) is 18.2 Å². The molecule has 4 aliphatic rings. The van der Waals surface area contributed by atoms with E-state index in [9.17, 15) is 15.0 Å². The third kappa shape index (κ3) is 1.92. The normalized spacial score (nSPS) is 38.6. The maximum absolute atomic E-state index is 11.4. The Labute approximate surface area is 163 Å². The fraction of sp³-hybridized carbons (Fsp3) is 0.571. The number of carboxylic acids is 1. The number of benzene rings is 1. The maximum Gasteiger partial charge on any atom is 0.320 e. The lowest BCUT2D eigenvalue weighted by molar-refractivity contribution is -0.158. The quantitative estimate of drug-likeness (QED) is 0.666. The number of carbonyl (C=O) groups is 1. The summed E-state index contributed by atoms with van der Waals surface area (Å²) >= 11 is 0. The number of hydrogen-bond donors (Lipinski definition) is 3. The van der Waals surface area contributed by atoms with Gasteiger partial charge in [0.05, 0.1) is 11.5 Å². The van der Waals surface area contributed by atoms with Crippen molar-refractivity contribution in [3.8, 4) is 11.5 Å². The van der Waals surface area contributed by atoms with Crippen molar-refractivity contribution in [2.45, 2.75) is 55.0 Å². The molecule has 3 N–H and O–H groups in total. The molecule has 5 rings (SSSR count). The summed E-state index contributed by atoms with van der Waals surface area (Å²) < 4.78 is 12.7. The van der Waals surface area contributed by atoms with Crippen LogP contribution in [-0.2, 0) is 21.4 Å². The molecule has 1 spiro atoms. The lowest BCUT2D eigenvalue weighted by Crippen LogP contribution is -2.77. The summed E-state index contributed by atoms with van der Waals surface area (Å²) in [6.45, 7) is 2.52. The number of hydrogen-bond acceptors (Lipinski definition) is 6.